The van der Waals surface area contributed by atoms with Crippen LogP contribution < -0.4 is 10.6 Å². The van der Waals surface area contributed by atoms with Gasteiger partial charge in [0.2, 0.25) is 11.8 Å². The van der Waals surface area contributed by atoms with Gasteiger partial charge in [0.1, 0.15) is 5.76 Å². The van der Waals surface area contributed by atoms with Gasteiger partial charge in [0.05, 0.1) is 0 Å². The van der Waals surface area contributed by atoms with E-state index in [2.05, 4.69) is 35.7 Å². The third-order valence-corrected chi connectivity index (χ3v) is 5.52. The normalized spacial score (nSPS) is 19.5. The van der Waals surface area contributed by atoms with Crippen molar-refractivity contribution in [1.82, 2.24) is 5.16 Å². The lowest BCUT2D eigenvalue weighted by Gasteiger charge is -2.27. The molecule has 0 saturated heterocycles. The largest absolute Gasteiger partial charge is 0.360 e. The van der Waals surface area contributed by atoms with Gasteiger partial charge < -0.3 is 15.2 Å². The van der Waals surface area contributed by atoms with E-state index in [1.807, 2.05) is 19.1 Å². The van der Waals surface area contributed by atoms with Gasteiger partial charge in [-0.25, -0.2) is 0 Å². The van der Waals surface area contributed by atoms with Gasteiger partial charge >= 0.3 is 0 Å². The fourth-order valence-corrected chi connectivity index (χ4v) is 3.84. The fraction of sp³-hybridized carbons (Fsp3) is 0.500. The Labute approximate surface area is 166 Å². The van der Waals surface area contributed by atoms with Crippen LogP contribution in [0.25, 0.3) is 0 Å². The number of aryl methyl sites for hydroxylation is 2. The van der Waals surface area contributed by atoms with E-state index in [1.165, 1.54) is 0 Å². The Morgan fingerprint density at radius 3 is 2.18 bits per heavy atom. The van der Waals surface area contributed by atoms with E-state index >= 15 is 0 Å². The van der Waals surface area contributed by atoms with E-state index in [-0.39, 0.29) is 23.7 Å². The molecule has 150 valence electrons. The number of carbonyl (C=O) groups excluding carboxylic acids is 2. The third kappa shape index (κ3) is 4.61. The summed E-state index contributed by atoms with van der Waals surface area (Å²) in [7, 11) is 0. The molecular weight excluding hydrogens is 354 g/mol. The van der Waals surface area contributed by atoms with Gasteiger partial charge in [-0.05, 0) is 56.6 Å². The number of rotatable bonds is 5. The Kier molecular flexibility index (Phi) is 6.17. The number of para-hydroxylation sites is 1. The maximum Gasteiger partial charge on any atom is 0.228 e. The molecule has 0 atom stereocenters. The van der Waals surface area contributed by atoms with Crippen LogP contribution in [0.4, 0.5) is 11.5 Å². The highest BCUT2D eigenvalue weighted by molar-refractivity contribution is 5.95. The van der Waals surface area contributed by atoms with Gasteiger partial charge in [-0.15, -0.1) is 0 Å². The summed E-state index contributed by atoms with van der Waals surface area (Å²) in [6.07, 6.45) is 2.83. The minimum absolute atomic E-state index is 0.0480. The number of carbonyl (C=O) groups is 2. The highest BCUT2D eigenvalue weighted by Crippen LogP contribution is 2.32. The molecule has 28 heavy (non-hydrogen) atoms. The first-order valence-electron chi connectivity index (χ1n) is 9.99. The molecule has 0 radical (unpaired) electrons. The second kappa shape index (κ2) is 8.59. The molecule has 6 nitrogen and oxygen atoms in total. The maximum atomic E-state index is 12.8. The lowest BCUT2D eigenvalue weighted by atomic mass is 9.81. The van der Waals surface area contributed by atoms with E-state index < -0.39 is 0 Å². The molecule has 1 aliphatic carbocycles. The first kappa shape index (κ1) is 20.1. The van der Waals surface area contributed by atoms with Crippen LogP contribution in [0.15, 0.2) is 28.8 Å². The van der Waals surface area contributed by atoms with Crippen LogP contribution >= 0.6 is 0 Å². The summed E-state index contributed by atoms with van der Waals surface area (Å²) in [5.41, 5.74) is 3.17. The van der Waals surface area contributed by atoms with Gasteiger partial charge in [0, 0.05) is 23.6 Å². The SMILES string of the molecule is Cc1cc(NC(=O)C2CCC(C(=O)Nc3c(C)cccc3C(C)C)CC2)no1. The summed E-state index contributed by atoms with van der Waals surface area (Å²) in [6.45, 7) is 8.06. The van der Waals surface area contributed by atoms with Crippen molar-refractivity contribution < 1.29 is 14.1 Å². The van der Waals surface area contributed by atoms with Crippen LogP contribution in [0.1, 0.15) is 62.3 Å². The van der Waals surface area contributed by atoms with Crippen molar-refractivity contribution in [2.45, 2.75) is 59.3 Å². The summed E-state index contributed by atoms with van der Waals surface area (Å²) in [5, 5.41) is 9.75. The highest BCUT2D eigenvalue weighted by Gasteiger charge is 2.30. The van der Waals surface area contributed by atoms with Crippen LogP contribution in [0.3, 0.4) is 0 Å². The van der Waals surface area contributed by atoms with Crippen molar-refractivity contribution in [3.05, 3.63) is 41.2 Å². The van der Waals surface area contributed by atoms with E-state index in [0.717, 1.165) is 16.8 Å². The number of hydrogen-bond acceptors (Lipinski definition) is 4. The van der Waals surface area contributed by atoms with Gasteiger partial charge in [0.25, 0.3) is 0 Å². The molecule has 6 heteroatoms. The monoisotopic (exact) mass is 383 g/mol. The predicted molar refractivity (Wildman–Crippen MR) is 109 cm³/mol. The molecule has 2 aromatic rings. The third-order valence-electron chi connectivity index (χ3n) is 5.52. The molecule has 1 aromatic carbocycles. The second-order valence-electron chi connectivity index (χ2n) is 8.04. The molecule has 1 aliphatic rings. The number of nitrogens with one attached hydrogen (secondary N) is 2. The molecule has 0 spiro atoms. The molecule has 2 amide bonds. The topological polar surface area (TPSA) is 84.2 Å². The van der Waals surface area contributed by atoms with Crippen LogP contribution in [0.5, 0.6) is 0 Å². The van der Waals surface area contributed by atoms with Crippen molar-refractivity contribution in [1.29, 1.82) is 0 Å². The number of aromatic nitrogens is 1. The van der Waals surface area contributed by atoms with Gasteiger partial charge in [-0.1, -0.05) is 37.2 Å². The zero-order valence-electron chi connectivity index (χ0n) is 17.0. The number of nitrogens with zero attached hydrogens (tertiary/aromatic N) is 1. The van der Waals surface area contributed by atoms with E-state index in [9.17, 15) is 9.59 Å². The quantitative estimate of drug-likeness (QED) is 0.777. The van der Waals surface area contributed by atoms with Crippen molar-refractivity contribution in [2.24, 2.45) is 11.8 Å². The number of anilines is 2. The van der Waals surface area contributed by atoms with Gasteiger partial charge in [-0.3, -0.25) is 9.59 Å². The minimum atomic E-state index is -0.0919. The molecule has 1 heterocycles. The molecule has 0 bridgehead atoms. The number of benzene rings is 1. The molecule has 1 saturated carbocycles. The summed E-state index contributed by atoms with van der Waals surface area (Å²) >= 11 is 0. The van der Waals surface area contributed by atoms with Crippen molar-refractivity contribution >= 4 is 23.3 Å². The Morgan fingerprint density at radius 1 is 1.04 bits per heavy atom. The molecule has 1 aromatic heterocycles. The van der Waals surface area contributed by atoms with Crippen LogP contribution in [0.2, 0.25) is 0 Å². The number of amides is 2. The standard InChI is InChI=1S/C22H29N3O3/c1-13(2)18-7-5-6-14(3)20(18)24-22(27)17-10-8-16(9-11-17)21(26)23-19-12-15(4)28-25-19/h5-7,12-13,16-17H,8-11H2,1-4H3,(H,24,27)(H,23,25,26). The number of hydrogen-bond donors (Lipinski definition) is 2. The smallest absolute Gasteiger partial charge is 0.228 e. The predicted octanol–water partition coefficient (Wildman–Crippen LogP) is 4.80. The lowest BCUT2D eigenvalue weighted by molar-refractivity contribution is -0.125. The van der Waals surface area contributed by atoms with E-state index in [1.54, 1.807) is 13.0 Å². The summed E-state index contributed by atoms with van der Waals surface area (Å²) in [6, 6.07) is 7.82. The zero-order chi connectivity index (χ0) is 20.3. The van der Waals surface area contributed by atoms with Gasteiger partial charge in [-0.2, -0.15) is 0 Å². The Morgan fingerprint density at radius 2 is 1.64 bits per heavy atom. The average Bonchev–Trinajstić information content (AvgIpc) is 3.07. The summed E-state index contributed by atoms with van der Waals surface area (Å²) in [5.74, 6) is 1.31. The first-order chi connectivity index (χ1) is 13.3. The Bertz CT molecular complexity index is 848. The highest BCUT2D eigenvalue weighted by atomic mass is 16.5. The molecule has 3 rings (SSSR count). The maximum absolute atomic E-state index is 12.8. The summed E-state index contributed by atoms with van der Waals surface area (Å²) in [4.78, 5) is 25.2. The fourth-order valence-electron chi connectivity index (χ4n) is 3.84. The van der Waals surface area contributed by atoms with E-state index in [0.29, 0.717) is 43.2 Å². The molecule has 2 N–H and O–H groups in total. The summed E-state index contributed by atoms with van der Waals surface area (Å²) < 4.78 is 4.98. The minimum Gasteiger partial charge on any atom is -0.360 e. The molecule has 1 fully saturated rings. The van der Waals surface area contributed by atoms with Crippen LogP contribution in [-0.4, -0.2) is 17.0 Å². The Hall–Kier alpha value is -2.63. The van der Waals surface area contributed by atoms with Crippen LogP contribution in [0, 0.1) is 25.7 Å². The van der Waals surface area contributed by atoms with Crippen molar-refractivity contribution in [2.75, 3.05) is 10.6 Å². The molecule has 0 aliphatic heterocycles. The molecule has 0 unspecified atom stereocenters. The average molecular weight is 383 g/mol. The van der Waals surface area contributed by atoms with E-state index in [4.69, 9.17) is 4.52 Å². The Balaban J connectivity index is 1.56. The lowest BCUT2D eigenvalue weighted by Crippen LogP contribution is -2.32. The van der Waals surface area contributed by atoms with Gasteiger partial charge in [0.15, 0.2) is 5.82 Å². The first-order valence-corrected chi connectivity index (χ1v) is 9.99. The second-order valence-corrected chi connectivity index (χ2v) is 8.04. The van der Waals surface area contributed by atoms with Crippen molar-refractivity contribution in [3.63, 3.8) is 0 Å². The zero-order valence-corrected chi connectivity index (χ0v) is 17.0. The van der Waals surface area contributed by atoms with Crippen molar-refractivity contribution in [3.8, 4) is 0 Å². The van der Waals surface area contributed by atoms with Crippen LogP contribution in [-0.2, 0) is 9.59 Å². The molecular formula is C22H29N3O3.